The maximum Gasteiger partial charge on any atom is 0.191 e. The quantitative estimate of drug-likeness (QED) is 0.389. The highest BCUT2D eigenvalue weighted by Crippen LogP contribution is 2.12. The first-order valence-corrected chi connectivity index (χ1v) is 9.65. The molecule has 24 heavy (non-hydrogen) atoms. The van der Waals surface area contributed by atoms with E-state index in [1.165, 1.54) is 11.3 Å². The van der Waals surface area contributed by atoms with Crippen LogP contribution in [0.2, 0.25) is 0 Å². The Balaban J connectivity index is 0.00000288. The van der Waals surface area contributed by atoms with Crippen LogP contribution >= 0.6 is 24.0 Å². The van der Waals surface area contributed by atoms with Crippen molar-refractivity contribution in [1.29, 1.82) is 0 Å². The lowest BCUT2D eigenvalue weighted by Gasteiger charge is -2.16. The van der Waals surface area contributed by atoms with Crippen molar-refractivity contribution in [2.75, 3.05) is 44.1 Å². The molecule has 1 unspecified atom stereocenters. The first kappa shape index (κ1) is 21.0. The van der Waals surface area contributed by atoms with E-state index in [0.717, 1.165) is 13.0 Å². The van der Waals surface area contributed by atoms with Crippen molar-refractivity contribution in [3.8, 4) is 0 Å². The summed E-state index contributed by atoms with van der Waals surface area (Å²) in [5.74, 6) is 1.12. The molecule has 1 heterocycles. The van der Waals surface area contributed by atoms with Gasteiger partial charge in [-0.15, -0.1) is 24.0 Å². The standard InChI is InChI=1S/C16H26N4O2S.HI/c1-17-16(19-14-9-11-23(21,22)12-14)18-10-8-13-4-6-15(7-5-13)20(2)3;/h4-7,14H,8-12H2,1-3H3,(H2,17,18,19);1H. The van der Waals surface area contributed by atoms with Crippen LogP contribution in [0.3, 0.4) is 0 Å². The third-order valence-corrected chi connectivity index (χ3v) is 5.72. The minimum absolute atomic E-state index is 0. The maximum absolute atomic E-state index is 11.5. The first-order valence-electron chi connectivity index (χ1n) is 7.83. The van der Waals surface area contributed by atoms with E-state index in [0.29, 0.717) is 12.4 Å². The fraction of sp³-hybridized carbons (Fsp3) is 0.562. The van der Waals surface area contributed by atoms with E-state index in [2.05, 4.69) is 44.8 Å². The third kappa shape index (κ3) is 6.46. The molecule has 0 amide bonds. The molecule has 0 aliphatic carbocycles. The molecular formula is C16H27IN4O2S. The number of nitrogens with zero attached hydrogens (tertiary/aromatic N) is 2. The number of halogens is 1. The van der Waals surface area contributed by atoms with Gasteiger partial charge in [0.2, 0.25) is 0 Å². The van der Waals surface area contributed by atoms with Gasteiger partial charge in [0.25, 0.3) is 0 Å². The van der Waals surface area contributed by atoms with E-state index in [-0.39, 0.29) is 41.5 Å². The number of sulfone groups is 1. The minimum Gasteiger partial charge on any atom is -0.378 e. The van der Waals surface area contributed by atoms with Crippen LogP contribution < -0.4 is 15.5 Å². The molecule has 2 rings (SSSR count). The van der Waals surface area contributed by atoms with Gasteiger partial charge in [0.1, 0.15) is 0 Å². The Morgan fingerprint density at radius 3 is 2.46 bits per heavy atom. The number of anilines is 1. The van der Waals surface area contributed by atoms with Gasteiger partial charge in [-0.3, -0.25) is 4.99 Å². The lowest BCUT2D eigenvalue weighted by atomic mass is 10.1. The van der Waals surface area contributed by atoms with Crippen LogP contribution in [0.15, 0.2) is 29.3 Å². The molecule has 0 radical (unpaired) electrons. The molecule has 136 valence electrons. The van der Waals surface area contributed by atoms with Crippen LogP contribution in [0, 0.1) is 0 Å². The zero-order valence-corrected chi connectivity index (χ0v) is 17.6. The van der Waals surface area contributed by atoms with Crippen molar-refractivity contribution >= 4 is 45.5 Å². The van der Waals surface area contributed by atoms with E-state index in [1.54, 1.807) is 7.05 Å². The Hall–Kier alpha value is -1.03. The van der Waals surface area contributed by atoms with Crippen molar-refractivity contribution in [3.63, 3.8) is 0 Å². The monoisotopic (exact) mass is 466 g/mol. The fourth-order valence-electron chi connectivity index (χ4n) is 2.58. The van der Waals surface area contributed by atoms with Crippen LogP contribution in [-0.2, 0) is 16.3 Å². The molecule has 1 aliphatic rings. The molecule has 1 saturated heterocycles. The molecule has 0 aromatic heterocycles. The summed E-state index contributed by atoms with van der Waals surface area (Å²) >= 11 is 0. The normalized spacial score (nSPS) is 19.5. The van der Waals surface area contributed by atoms with Crippen molar-refractivity contribution in [3.05, 3.63) is 29.8 Å². The van der Waals surface area contributed by atoms with Gasteiger partial charge < -0.3 is 15.5 Å². The lowest BCUT2D eigenvalue weighted by Crippen LogP contribution is -2.44. The van der Waals surface area contributed by atoms with E-state index >= 15 is 0 Å². The number of rotatable bonds is 5. The van der Waals surface area contributed by atoms with Crippen LogP contribution in [-0.4, -0.2) is 59.6 Å². The molecule has 8 heteroatoms. The maximum atomic E-state index is 11.5. The van der Waals surface area contributed by atoms with Gasteiger partial charge in [0, 0.05) is 39.4 Å². The van der Waals surface area contributed by atoms with Crippen LogP contribution in [0.4, 0.5) is 5.69 Å². The predicted octanol–water partition coefficient (Wildman–Crippen LogP) is 1.27. The average Bonchev–Trinajstić information content (AvgIpc) is 2.85. The van der Waals surface area contributed by atoms with Gasteiger partial charge in [0.15, 0.2) is 15.8 Å². The molecule has 0 bridgehead atoms. The van der Waals surface area contributed by atoms with Crippen molar-refractivity contribution in [2.45, 2.75) is 18.9 Å². The zero-order valence-electron chi connectivity index (χ0n) is 14.4. The number of benzene rings is 1. The predicted molar refractivity (Wildman–Crippen MR) is 111 cm³/mol. The highest BCUT2D eigenvalue weighted by atomic mass is 127. The van der Waals surface area contributed by atoms with Gasteiger partial charge in [-0.2, -0.15) is 0 Å². The van der Waals surface area contributed by atoms with Crippen LogP contribution in [0.25, 0.3) is 0 Å². The molecule has 0 spiro atoms. The summed E-state index contributed by atoms with van der Waals surface area (Å²) in [7, 11) is 2.87. The largest absolute Gasteiger partial charge is 0.378 e. The average molecular weight is 466 g/mol. The second kappa shape index (κ2) is 9.45. The van der Waals surface area contributed by atoms with E-state index < -0.39 is 9.84 Å². The smallest absolute Gasteiger partial charge is 0.191 e. The summed E-state index contributed by atoms with van der Waals surface area (Å²) in [5, 5.41) is 6.43. The van der Waals surface area contributed by atoms with Crippen molar-refractivity contribution < 1.29 is 8.42 Å². The molecule has 1 atom stereocenters. The molecule has 1 aromatic rings. The number of aliphatic imine (C=N–C) groups is 1. The van der Waals surface area contributed by atoms with Crippen LogP contribution in [0.5, 0.6) is 0 Å². The molecular weight excluding hydrogens is 439 g/mol. The molecule has 2 N–H and O–H groups in total. The summed E-state index contributed by atoms with van der Waals surface area (Å²) < 4.78 is 23.0. The second-order valence-corrected chi connectivity index (χ2v) is 8.28. The van der Waals surface area contributed by atoms with Gasteiger partial charge in [-0.1, -0.05) is 12.1 Å². The Bertz CT molecular complexity index is 645. The highest BCUT2D eigenvalue weighted by molar-refractivity contribution is 14.0. The molecule has 0 saturated carbocycles. The summed E-state index contributed by atoms with van der Waals surface area (Å²) in [6.07, 6.45) is 1.53. The SMILES string of the molecule is CN=C(NCCc1ccc(N(C)C)cc1)NC1CCS(=O)(=O)C1.I. The Morgan fingerprint density at radius 1 is 1.29 bits per heavy atom. The summed E-state index contributed by atoms with van der Waals surface area (Å²) in [5.41, 5.74) is 2.43. The summed E-state index contributed by atoms with van der Waals surface area (Å²) in [6, 6.07) is 8.41. The minimum atomic E-state index is -2.87. The van der Waals surface area contributed by atoms with E-state index in [4.69, 9.17) is 0 Å². The lowest BCUT2D eigenvalue weighted by molar-refractivity contribution is 0.599. The molecule has 1 fully saturated rings. The number of hydrogen-bond acceptors (Lipinski definition) is 4. The van der Waals surface area contributed by atoms with E-state index in [9.17, 15) is 8.42 Å². The van der Waals surface area contributed by atoms with E-state index in [1.807, 2.05) is 14.1 Å². The second-order valence-electron chi connectivity index (χ2n) is 6.05. The van der Waals surface area contributed by atoms with Gasteiger partial charge in [-0.25, -0.2) is 8.42 Å². The number of hydrogen-bond donors (Lipinski definition) is 2. The Morgan fingerprint density at radius 2 is 1.96 bits per heavy atom. The van der Waals surface area contributed by atoms with Crippen LogP contribution in [0.1, 0.15) is 12.0 Å². The third-order valence-electron chi connectivity index (χ3n) is 3.96. The van der Waals surface area contributed by atoms with Gasteiger partial charge in [-0.05, 0) is 30.5 Å². The van der Waals surface area contributed by atoms with Gasteiger partial charge >= 0.3 is 0 Å². The Kier molecular flexibility index (Phi) is 8.28. The highest BCUT2D eigenvalue weighted by Gasteiger charge is 2.28. The summed E-state index contributed by atoms with van der Waals surface area (Å²) in [6.45, 7) is 0.750. The number of guanidine groups is 1. The molecule has 1 aliphatic heterocycles. The van der Waals surface area contributed by atoms with Gasteiger partial charge in [0.05, 0.1) is 11.5 Å². The number of nitrogens with one attached hydrogen (secondary N) is 2. The molecule has 6 nitrogen and oxygen atoms in total. The van der Waals surface area contributed by atoms with Crippen molar-refractivity contribution in [2.24, 2.45) is 4.99 Å². The first-order chi connectivity index (χ1) is 10.9. The molecule has 1 aromatic carbocycles. The van der Waals surface area contributed by atoms with Crippen molar-refractivity contribution in [1.82, 2.24) is 10.6 Å². The topological polar surface area (TPSA) is 73.8 Å². The summed E-state index contributed by atoms with van der Waals surface area (Å²) in [4.78, 5) is 6.23. The Labute approximate surface area is 162 Å². The zero-order chi connectivity index (χ0) is 16.9. The fourth-order valence-corrected chi connectivity index (χ4v) is 4.26.